The first-order valence-corrected chi connectivity index (χ1v) is 7.17. The number of hydrogen-bond donors (Lipinski definition) is 3. The Morgan fingerprint density at radius 1 is 1.45 bits per heavy atom. The van der Waals surface area contributed by atoms with Crippen molar-refractivity contribution in [2.24, 2.45) is 5.41 Å². The second kappa shape index (κ2) is 6.69. The number of aryl methyl sites for hydroxylation is 1. The molecule has 3 N–H and O–H groups in total. The predicted octanol–water partition coefficient (Wildman–Crippen LogP) is 2.14. The van der Waals surface area contributed by atoms with Crippen LogP contribution in [0.4, 0.5) is 4.79 Å². The van der Waals surface area contributed by atoms with Crippen LogP contribution in [0, 0.1) is 12.3 Å². The number of amides is 2. The molecule has 0 aromatic carbocycles. The Bertz CT molecular complexity index is 479. The summed E-state index contributed by atoms with van der Waals surface area (Å²) in [5, 5.41) is 15.3. The van der Waals surface area contributed by atoms with Gasteiger partial charge < -0.3 is 15.7 Å². The highest BCUT2D eigenvalue weighted by atomic mass is 32.1. The number of aliphatic carboxylic acids is 1. The fraction of sp³-hybridized carbons (Fsp3) is 0.615. The molecule has 1 unspecified atom stereocenters. The van der Waals surface area contributed by atoms with E-state index in [9.17, 15) is 9.59 Å². The SMILES string of the molecule is Cc1ncc(CNC(=O)NC(CC(=O)O)C(C)(C)C)s1. The number of hydrogen-bond acceptors (Lipinski definition) is 4. The molecule has 0 radical (unpaired) electrons. The number of carboxylic acid groups (broad SMARTS) is 1. The number of carbonyl (C=O) groups excluding carboxylic acids is 1. The topological polar surface area (TPSA) is 91.3 Å². The monoisotopic (exact) mass is 299 g/mol. The summed E-state index contributed by atoms with van der Waals surface area (Å²) in [5.74, 6) is -0.927. The summed E-state index contributed by atoms with van der Waals surface area (Å²) in [6.07, 6.45) is 1.62. The first-order chi connectivity index (χ1) is 9.18. The smallest absolute Gasteiger partial charge is 0.315 e. The zero-order chi connectivity index (χ0) is 15.3. The molecule has 2 amide bonds. The molecule has 0 fully saturated rings. The maximum absolute atomic E-state index is 11.8. The molecule has 20 heavy (non-hydrogen) atoms. The fourth-order valence-electron chi connectivity index (χ4n) is 1.61. The lowest BCUT2D eigenvalue weighted by molar-refractivity contribution is -0.138. The number of nitrogens with one attached hydrogen (secondary N) is 2. The number of nitrogens with zero attached hydrogens (tertiary/aromatic N) is 1. The molecule has 0 aliphatic carbocycles. The number of rotatable bonds is 5. The van der Waals surface area contributed by atoms with Crippen LogP contribution >= 0.6 is 11.3 Å². The molecule has 0 saturated carbocycles. The molecule has 0 aliphatic heterocycles. The molecule has 7 heteroatoms. The Hall–Kier alpha value is -1.63. The minimum Gasteiger partial charge on any atom is -0.481 e. The van der Waals surface area contributed by atoms with Crippen LogP contribution in [0.2, 0.25) is 0 Å². The summed E-state index contributed by atoms with van der Waals surface area (Å²) < 4.78 is 0. The zero-order valence-corrected chi connectivity index (χ0v) is 13.0. The standard InChI is InChI=1S/C13H21N3O3S/c1-8-14-6-9(20-8)7-15-12(19)16-10(5-11(17)18)13(2,3)4/h6,10H,5,7H2,1-4H3,(H,17,18)(H2,15,16,19). The molecule has 0 spiro atoms. The van der Waals surface area contributed by atoms with Crippen LogP contribution < -0.4 is 10.6 Å². The van der Waals surface area contributed by atoms with Crippen LogP contribution in [0.5, 0.6) is 0 Å². The Balaban J connectivity index is 2.51. The Morgan fingerprint density at radius 3 is 2.55 bits per heavy atom. The van der Waals surface area contributed by atoms with E-state index in [1.165, 1.54) is 11.3 Å². The highest BCUT2D eigenvalue weighted by Crippen LogP contribution is 2.21. The van der Waals surface area contributed by atoms with Crippen LogP contribution in [-0.2, 0) is 11.3 Å². The maximum atomic E-state index is 11.8. The minimum atomic E-state index is -0.927. The Morgan fingerprint density at radius 2 is 2.10 bits per heavy atom. The van der Waals surface area contributed by atoms with Crippen molar-refractivity contribution in [1.82, 2.24) is 15.6 Å². The lowest BCUT2D eigenvalue weighted by Crippen LogP contribution is -2.48. The molecule has 112 valence electrons. The third-order valence-electron chi connectivity index (χ3n) is 2.82. The predicted molar refractivity (Wildman–Crippen MR) is 77.7 cm³/mol. The molecule has 0 aliphatic rings. The summed E-state index contributed by atoms with van der Waals surface area (Å²) in [5.41, 5.74) is -0.323. The molecule has 6 nitrogen and oxygen atoms in total. The van der Waals surface area contributed by atoms with Crippen LogP contribution in [0.15, 0.2) is 6.20 Å². The summed E-state index contributed by atoms with van der Waals surface area (Å²) >= 11 is 1.52. The van der Waals surface area contributed by atoms with Gasteiger partial charge in [0.2, 0.25) is 0 Å². The van der Waals surface area contributed by atoms with Crippen molar-refractivity contribution < 1.29 is 14.7 Å². The summed E-state index contributed by atoms with van der Waals surface area (Å²) in [4.78, 5) is 27.7. The van der Waals surface area contributed by atoms with Gasteiger partial charge in [0.1, 0.15) is 0 Å². The second-order valence-corrected chi connectivity index (χ2v) is 7.01. The van der Waals surface area contributed by atoms with Gasteiger partial charge in [0, 0.05) is 17.1 Å². The van der Waals surface area contributed by atoms with E-state index in [1.807, 2.05) is 27.7 Å². The van der Waals surface area contributed by atoms with Gasteiger partial charge in [0.15, 0.2) is 0 Å². The Labute approximate surface area is 122 Å². The van der Waals surface area contributed by atoms with E-state index < -0.39 is 12.0 Å². The normalized spacial score (nSPS) is 12.8. The van der Waals surface area contributed by atoms with Gasteiger partial charge in [-0.05, 0) is 12.3 Å². The molecule has 1 heterocycles. The van der Waals surface area contributed by atoms with E-state index in [0.29, 0.717) is 6.54 Å². The van der Waals surface area contributed by atoms with E-state index in [-0.39, 0.29) is 17.9 Å². The first kappa shape index (κ1) is 16.4. The van der Waals surface area contributed by atoms with Crippen molar-refractivity contribution in [3.63, 3.8) is 0 Å². The van der Waals surface area contributed by atoms with Gasteiger partial charge in [-0.1, -0.05) is 20.8 Å². The van der Waals surface area contributed by atoms with Gasteiger partial charge >= 0.3 is 12.0 Å². The van der Waals surface area contributed by atoms with Crippen LogP contribution in [0.1, 0.15) is 37.1 Å². The first-order valence-electron chi connectivity index (χ1n) is 6.36. The van der Waals surface area contributed by atoms with Gasteiger partial charge in [-0.2, -0.15) is 0 Å². The van der Waals surface area contributed by atoms with E-state index in [2.05, 4.69) is 15.6 Å². The molecular formula is C13H21N3O3S. The molecule has 0 bridgehead atoms. The highest BCUT2D eigenvalue weighted by Gasteiger charge is 2.28. The van der Waals surface area contributed by atoms with Gasteiger partial charge in [-0.3, -0.25) is 4.79 Å². The molecule has 0 saturated heterocycles. The van der Waals surface area contributed by atoms with Gasteiger partial charge in [-0.25, -0.2) is 9.78 Å². The van der Waals surface area contributed by atoms with Crippen LogP contribution in [0.3, 0.4) is 0 Å². The molecule has 1 rings (SSSR count). The largest absolute Gasteiger partial charge is 0.481 e. The van der Waals surface area contributed by atoms with E-state index in [4.69, 9.17) is 5.11 Å². The highest BCUT2D eigenvalue weighted by molar-refractivity contribution is 7.11. The van der Waals surface area contributed by atoms with E-state index in [0.717, 1.165) is 9.88 Å². The number of thiazole rings is 1. The van der Waals surface area contributed by atoms with Gasteiger partial charge in [0.05, 0.1) is 18.0 Å². The van der Waals surface area contributed by atoms with Crippen molar-refractivity contribution >= 4 is 23.3 Å². The third kappa shape index (κ3) is 5.56. The minimum absolute atomic E-state index is 0.101. The summed E-state index contributed by atoms with van der Waals surface area (Å²) in [6, 6.07) is -0.791. The average Bonchev–Trinajstić information content (AvgIpc) is 2.70. The molecule has 1 atom stereocenters. The second-order valence-electron chi connectivity index (χ2n) is 5.69. The van der Waals surface area contributed by atoms with Gasteiger partial charge in [-0.15, -0.1) is 11.3 Å². The summed E-state index contributed by atoms with van der Waals surface area (Å²) in [7, 11) is 0. The molecular weight excluding hydrogens is 278 g/mol. The van der Waals surface area contributed by atoms with Crippen LogP contribution in [0.25, 0.3) is 0 Å². The maximum Gasteiger partial charge on any atom is 0.315 e. The fourth-order valence-corrected chi connectivity index (χ4v) is 2.35. The van der Waals surface area contributed by atoms with Gasteiger partial charge in [0.25, 0.3) is 0 Å². The molecule has 1 aromatic rings. The van der Waals surface area contributed by atoms with E-state index >= 15 is 0 Å². The van der Waals surface area contributed by atoms with E-state index in [1.54, 1.807) is 6.20 Å². The number of carbonyl (C=O) groups is 2. The summed E-state index contributed by atoms with van der Waals surface area (Å²) in [6.45, 7) is 7.98. The Kier molecular flexibility index (Phi) is 5.50. The molecule has 1 aromatic heterocycles. The van der Waals surface area contributed by atoms with Crippen molar-refractivity contribution in [3.8, 4) is 0 Å². The van der Waals surface area contributed by atoms with Crippen molar-refractivity contribution in [2.45, 2.75) is 46.7 Å². The van der Waals surface area contributed by atoms with Crippen molar-refractivity contribution in [1.29, 1.82) is 0 Å². The lowest BCUT2D eigenvalue weighted by Gasteiger charge is -2.30. The lowest BCUT2D eigenvalue weighted by atomic mass is 9.85. The number of aromatic nitrogens is 1. The number of carboxylic acids is 1. The quantitative estimate of drug-likeness (QED) is 0.777. The average molecular weight is 299 g/mol. The van der Waals surface area contributed by atoms with Crippen molar-refractivity contribution in [2.75, 3.05) is 0 Å². The third-order valence-corrected chi connectivity index (χ3v) is 3.73. The van der Waals surface area contributed by atoms with Crippen LogP contribution in [-0.4, -0.2) is 28.1 Å². The zero-order valence-electron chi connectivity index (χ0n) is 12.2. The number of urea groups is 1. The van der Waals surface area contributed by atoms with Crippen molar-refractivity contribution in [3.05, 3.63) is 16.1 Å².